The molecule has 1 atom stereocenters. The highest BCUT2D eigenvalue weighted by atomic mass is 16.6. The van der Waals surface area contributed by atoms with Crippen LogP contribution in [0.5, 0.6) is 0 Å². The van der Waals surface area contributed by atoms with Gasteiger partial charge in [0.2, 0.25) is 0 Å². The van der Waals surface area contributed by atoms with Crippen molar-refractivity contribution in [1.29, 1.82) is 0 Å². The molecule has 1 unspecified atom stereocenters. The van der Waals surface area contributed by atoms with Crippen LogP contribution in [-0.2, 0) is 22.1 Å². The summed E-state index contributed by atoms with van der Waals surface area (Å²) >= 11 is 0. The highest BCUT2D eigenvalue weighted by Gasteiger charge is 2.38. The topological polar surface area (TPSA) is 51.5 Å². The predicted molar refractivity (Wildman–Crippen MR) is 72.8 cm³/mol. The fraction of sp³-hybridized carbons (Fsp3) is 0.571. The molecular formula is C14H22N2O3. The van der Waals surface area contributed by atoms with E-state index in [2.05, 4.69) is 0 Å². The fourth-order valence-corrected chi connectivity index (χ4v) is 1.82. The van der Waals surface area contributed by atoms with Crippen molar-refractivity contribution in [2.45, 2.75) is 38.8 Å². The first-order valence-corrected chi connectivity index (χ1v) is 6.17. The Morgan fingerprint density at radius 3 is 2.32 bits per heavy atom. The van der Waals surface area contributed by atoms with Gasteiger partial charge in [-0.1, -0.05) is 0 Å². The monoisotopic (exact) mass is 266 g/mol. The summed E-state index contributed by atoms with van der Waals surface area (Å²) in [4.78, 5) is 25.0. The van der Waals surface area contributed by atoms with E-state index in [-0.39, 0.29) is 0 Å². The van der Waals surface area contributed by atoms with Crippen molar-refractivity contribution in [3.8, 4) is 0 Å². The standard InChI is InChI=1S/C14H22N2O3/c1-13(2,3)19-12(18)16(6)14(4,10-17)11-8-7-9-15(11)5/h7-10H,1-6H3. The summed E-state index contributed by atoms with van der Waals surface area (Å²) in [6.45, 7) is 7.07. The molecule has 0 radical (unpaired) electrons. The first kappa shape index (κ1) is 15.3. The molecule has 0 aliphatic carbocycles. The molecule has 0 fully saturated rings. The normalized spacial score (nSPS) is 14.6. The molecule has 5 heteroatoms. The Morgan fingerprint density at radius 1 is 1.37 bits per heavy atom. The number of hydrogen-bond acceptors (Lipinski definition) is 3. The fourth-order valence-electron chi connectivity index (χ4n) is 1.82. The molecule has 0 spiro atoms. The third-order valence-electron chi connectivity index (χ3n) is 3.06. The summed E-state index contributed by atoms with van der Waals surface area (Å²) in [5.41, 5.74) is -0.917. The molecule has 1 aromatic heterocycles. The Morgan fingerprint density at radius 2 is 1.95 bits per heavy atom. The van der Waals surface area contributed by atoms with Gasteiger partial charge in [-0.25, -0.2) is 4.79 Å². The highest BCUT2D eigenvalue weighted by molar-refractivity contribution is 5.77. The molecule has 106 valence electrons. The third kappa shape index (κ3) is 3.16. The molecule has 0 saturated heterocycles. The maximum atomic E-state index is 12.1. The number of nitrogens with zero attached hydrogens (tertiary/aromatic N) is 2. The van der Waals surface area contributed by atoms with Crippen molar-refractivity contribution in [2.24, 2.45) is 7.05 Å². The van der Waals surface area contributed by atoms with Crippen molar-refractivity contribution in [3.63, 3.8) is 0 Å². The van der Waals surface area contributed by atoms with E-state index in [0.29, 0.717) is 0 Å². The molecule has 0 bridgehead atoms. The first-order chi connectivity index (χ1) is 8.62. The van der Waals surface area contributed by atoms with Crippen molar-refractivity contribution in [2.75, 3.05) is 7.05 Å². The molecule has 0 saturated carbocycles. The van der Waals surface area contributed by atoms with Crippen molar-refractivity contribution in [1.82, 2.24) is 9.47 Å². The second kappa shape index (κ2) is 5.07. The van der Waals surface area contributed by atoms with E-state index in [9.17, 15) is 9.59 Å². The lowest BCUT2D eigenvalue weighted by atomic mass is 9.98. The zero-order valence-corrected chi connectivity index (χ0v) is 12.4. The van der Waals surface area contributed by atoms with Crippen LogP contribution < -0.4 is 0 Å². The van der Waals surface area contributed by atoms with Crippen molar-refractivity contribution < 1.29 is 14.3 Å². The number of carbonyl (C=O) groups excluding carboxylic acids is 2. The lowest BCUT2D eigenvalue weighted by Crippen LogP contribution is -2.49. The van der Waals surface area contributed by atoms with Crippen molar-refractivity contribution >= 4 is 12.4 Å². The van der Waals surface area contributed by atoms with Crippen LogP contribution in [0, 0.1) is 0 Å². The zero-order chi connectivity index (χ0) is 14.8. The lowest BCUT2D eigenvalue weighted by Gasteiger charge is -2.35. The largest absolute Gasteiger partial charge is 0.444 e. The second-order valence-corrected chi connectivity index (χ2v) is 5.81. The van der Waals surface area contributed by atoms with Gasteiger partial charge in [0.05, 0.1) is 5.69 Å². The molecule has 5 nitrogen and oxygen atoms in total. The Labute approximate surface area is 114 Å². The minimum absolute atomic E-state index is 0.525. The maximum Gasteiger partial charge on any atom is 0.411 e. The Balaban J connectivity index is 3.06. The number of likely N-dealkylation sites (N-methyl/N-ethyl adjacent to an activating group) is 1. The van der Waals surface area contributed by atoms with Gasteiger partial charge in [-0.2, -0.15) is 0 Å². The van der Waals surface area contributed by atoms with Gasteiger partial charge in [0.15, 0.2) is 6.29 Å². The quantitative estimate of drug-likeness (QED) is 0.789. The van der Waals surface area contributed by atoms with Gasteiger partial charge in [-0.15, -0.1) is 0 Å². The highest BCUT2D eigenvalue weighted by Crippen LogP contribution is 2.26. The number of ether oxygens (including phenoxy) is 1. The molecule has 1 aromatic rings. The van der Waals surface area contributed by atoms with Gasteiger partial charge in [-0.3, -0.25) is 4.90 Å². The summed E-state index contributed by atoms with van der Waals surface area (Å²) in [6.07, 6.45) is 2.06. The van der Waals surface area contributed by atoms with Crippen LogP contribution in [0.4, 0.5) is 4.79 Å². The summed E-state index contributed by atoms with van der Waals surface area (Å²) < 4.78 is 7.12. The van der Waals surface area contributed by atoms with Gasteiger partial charge in [0.1, 0.15) is 11.1 Å². The summed E-state index contributed by atoms with van der Waals surface area (Å²) in [5, 5.41) is 0. The predicted octanol–water partition coefficient (Wildman–Crippen LogP) is 2.31. The van der Waals surface area contributed by atoms with E-state index in [4.69, 9.17) is 4.74 Å². The molecule has 0 aromatic carbocycles. The minimum atomic E-state index is -1.05. The van der Waals surface area contributed by atoms with Crippen LogP contribution in [0.1, 0.15) is 33.4 Å². The zero-order valence-electron chi connectivity index (χ0n) is 12.4. The second-order valence-electron chi connectivity index (χ2n) is 5.81. The Kier molecular flexibility index (Phi) is 4.08. The van der Waals surface area contributed by atoms with Crippen LogP contribution in [-0.4, -0.2) is 34.5 Å². The third-order valence-corrected chi connectivity index (χ3v) is 3.06. The molecule has 0 aliphatic heterocycles. The Hall–Kier alpha value is -1.78. The van der Waals surface area contributed by atoms with E-state index in [1.807, 2.05) is 29.9 Å². The van der Waals surface area contributed by atoms with Crippen LogP contribution in [0.3, 0.4) is 0 Å². The van der Waals surface area contributed by atoms with Crippen LogP contribution in [0.2, 0.25) is 0 Å². The van der Waals surface area contributed by atoms with E-state index in [1.54, 1.807) is 34.7 Å². The molecule has 0 N–H and O–H groups in total. The molecule has 1 heterocycles. The lowest BCUT2D eigenvalue weighted by molar-refractivity contribution is -0.117. The number of aldehydes is 1. The number of aryl methyl sites for hydroxylation is 1. The summed E-state index contributed by atoms with van der Waals surface area (Å²) in [6, 6.07) is 3.65. The van der Waals surface area contributed by atoms with E-state index >= 15 is 0 Å². The molecule has 1 amide bonds. The van der Waals surface area contributed by atoms with E-state index in [0.717, 1.165) is 12.0 Å². The first-order valence-electron chi connectivity index (χ1n) is 6.17. The van der Waals surface area contributed by atoms with Crippen molar-refractivity contribution in [3.05, 3.63) is 24.0 Å². The van der Waals surface area contributed by atoms with Crippen LogP contribution in [0.15, 0.2) is 18.3 Å². The Bertz CT molecular complexity index is 473. The maximum absolute atomic E-state index is 12.1. The minimum Gasteiger partial charge on any atom is -0.444 e. The number of aromatic nitrogens is 1. The summed E-state index contributed by atoms with van der Waals surface area (Å²) in [5.74, 6) is 0. The molecule has 1 rings (SSSR count). The van der Waals surface area contributed by atoms with E-state index in [1.165, 1.54) is 4.90 Å². The molecule has 0 aliphatic rings. The van der Waals surface area contributed by atoms with Gasteiger partial charge in [0.25, 0.3) is 0 Å². The van der Waals surface area contributed by atoms with Gasteiger partial charge in [-0.05, 0) is 39.8 Å². The molecular weight excluding hydrogens is 244 g/mol. The van der Waals surface area contributed by atoms with Crippen LogP contribution in [0.25, 0.3) is 0 Å². The SMILES string of the molecule is CN(C(=O)OC(C)(C)C)C(C)(C=O)c1cccn1C. The number of carbonyl (C=O) groups is 2. The van der Waals surface area contributed by atoms with Gasteiger partial charge in [0, 0.05) is 20.3 Å². The smallest absolute Gasteiger partial charge is 0.411 e. The number of rotatable bonds is 3. The van der Waals surface area contributed by atoms with Gasteiger partial charge < -0.3 is 14.1 Å². The average molecular weight is 266 g/mol. The molecule has 19 heavy (non-hydrogen) atoms. The van der Waals surface area contributed by atoms with Crippen LogP contribution >= 0.6 is 0 Å². The number of hydrogen-bond donors (Lipinski definition) is 0. The average Bonchev–Trinajstić information content (AvgIpc) is 2.71. The van der Waals surface area contributed by atoms with E-state index < -0.39 is 17.2 Å². The van der Waals surface area contributed by atoms with Gasteiger partial charge >= 0.3 is 6.09 Å². The number of amides is 1. The summed E-state index contributed by atoms with van der Waals surface area (Å²) in [7, 11) is 3.40.